The van der Waals surface area contributed by atoms with Gasteiger partial charge in [-0.25, -0.2) is 4.39 Å². The highest BCUT2D eigenvalue weighted by molar-refractivity contribution is 6.30. The van der Waals surface area contributed by atoms with Gasteiger partial charge < -0.3 is 10.2 Å². The summed E-state index contributed by atoms with van der Waals surface area (Å²) < 4.78 is 13.9. The second-order valence-electron chi connectivity index (χ2n) is 6.51. The highest BCUT2D eigenvalue weighted by Crippen LogP contribution is 2.24. The van der Waals surface area contributed by atoms with Crippen molar-refractivity contribution in [3.05, 3.63) is 69.0 Å². The molecule has 1 aliphatic rings. The molecule has 28 heavy (non-hydrogen) atoms. The molecule has 146 valence electrons. The first kappa shape index (κ1) is 19.8. The molecule has 1 N–H and O–H groups in total. The van der Waals surface area contributed by atoms with E-state index >= 15 is 0 Å². The van der Waals surface area contributed by atoms with Crippen molar-refractivity contribution in [3.63, 3.8) is 0 Å². The van der Waals surface area contributed by atoms with Crippen molar-refractivity contribution in [2.24, 2.45) is 5.92 Å². The molecule has 1 fully saturated rings. The fourth-order valence-electron chi connectivity index (χ4n) is 3.11. The number of hydrogen-bond donors (Lipinski definition) is 1. The summed E-state index contributed by atoms with van der Waals surface area (Å²) in [5.74, 6) is -1.99. The van der Waals surface area contributed by atoms with E-state index in [1.165, 1.54) is 0 Å². The average molecular weight is 406 g/mol. The molecule has 1 unspecified atom stereocenters. The van der Waals surface area contributed by atoms with Crippen molar-refractivity contribution < 1.29 is 18.9 Å². The van der Waals surface area contributed by atoms with Crippen molar-refractivity contribution in [2.75, 3.05) is 18.4 Å². The van der Waals surface area contributed by atoms with Crippen LogP contribution in [0.1, 0.15) is 23.2 Å². The maximum absolute atomic E-state index is 13.9. The zero-order chi connectivity index (χ0) is 20.3. The number of non-ortho nitro benzene ring substituents is 1. The molecule has 1 atom stereocenters. The van der Waals surface area contributed by atoms with E-state index in [9.17, 15) is 24.1 Å². The van der Waals surface area contributed by atoms with Crippen LogP contribution in [0.2, 0.25) is 5.02 Å². The first-order valence-electron chi connectivity index (χ1n) is 8.65. The van der Waals surface area contributed by atoms with Gasteiger partial charge >= 0.3 is 0 Å². The Balaban J connectivity index is 1.69. The van der Waals surface area contributed by atoms with Crippen molar-refractivity contribution >= 4 is 34.8 Å². The van der Waals surface area contributed by atoms with Gasteiger partial charge in [-0.15, -0.1) is 0 Å². The minimum Gasteiger partial charge on any atom is -0.338 e. The van der Waals surface area contributed by atoms with Crippen LogP contribution in [0.3, 0.4) is 0 Å². The first-order chi connectivity index (χ1) is 13.3. The van der Waals surface area contributed by atoms with Crippen molar-refractivity contribution in [1.29, 1.82) is 0 Å². The molecule has 9 heteroatoms. The highest BCUT2D eigenvalue weighted by atomic mass is 35.5. The Hall–Kier alpha value is -3.00. The van der Waals surface area contributed by atoms with Crippen LogP contribution < -0.4 is 5.32 Å². The summed E-state index contributed by atoms with van der Waals surface area (Å²) in [5, 5.41) is 13.8. The number of nitro groups is 1. The molecule has 0 saturated carbocycles. The molecular formula is C19H17ClFN3O4. The van der Waals surface area contributed by atoms with E-state index in [4.69, 9.17) is 11.6 Å². The van der Waals surface area contributed by atoms with Gasteiger partial charge in [-0.05, 0) is 43.2 Å². The zero-order valence-corrected chi connectivity index (χ0v) is 15.5. The maximum atomic E-state index is 13.9. The standard InChI is InChI=1S/C19H17ClFN3O4/c20-14-5-3-12(4-6-14)19(26)23-9-1-2-13(11-23)18(25)22-17-10-15(24(27)28)7-8-16(17)21/h3-8,10,13H,1-2,9,11H2,(H,22,25). The Morgan fingerprint density at radius 3 is 2.61 bits per heavy atom. The molecule has 2 aromatic rings. The number of nitro benzene ring substituents is 1. The Kier molecular flexibility index (Phi) is 5.89. The molecule has 0 radical (unpaired) electrons. The molecule has 0 bridgehead atoms. The Morgan fingerprint density at radius 2 is 1.93 bits per heavy atom. The molecule has 1 saturated heterocycles. The van der Waals surface area contributed by atoms with Gasteiger partial charge in [0.2, 0.25) is 5.91 Å². The van der Waals surface area contributed by atoms with Crippen LogP contribution in [0.15, 0.2) is 42.5 Å². The topological polar surface area (TPSA) is 92.5 Å². The SMILES string of the molecule is O=C(Nc1cc([N+](=O)[O-])ccc1F)C1CCCN(C(=O)c2ccc(Cl)cc2)C1. The Bertz CT molecular complexity index is 920. The minimum absolute atomic E-state index is 0.184. The van der Waals surface area contributed by atoms with Crippen LogP contribution in [0.5, 0.6) is 0 Å². The third kappa shape index (κ3) is 4.45. The molecule has 1 heterocycles. The van der Waals surface area contributed by atoms with Gasteiger partial charge in [0.1, 0.15) is 5.82 Å². The predicted molar refractivity (Wildman–Crippen MR) is 102 cm³/mol. The van der Waals surface area contributed by atoms with Crippen LogP contribution in [-0.4, -0.2) is 34.7 Å². The van der Waals surface area contributed by atoms with Gasteiger partial charge in [0.05, 0.1) is 16.5 Å². The first-order valence-corrected chi connectivity index (χ1v) is 9.02. The molecule has 1 aliphatic heterocycles. The summed E-state index contributed by atoms with van der Waals surface area (Å²) in [6.07, 6.45) is 1.15. The van der Waals surface area contributed by atoms with Gasteiger partial charge in [-0.2, -0.15) is 0 Å². The van der Waals surface area contributed by atoms with Gasteiger partial charge in [0.25, 0.3) is 11.6 Å². The van der Waals surface area contributed by atoms with Crippen LogP contribution in [0, 0.1) is 21.8 Å². The minimum atomic E-state index is -0.760. The van der Waals surface area contributed by atoms with Crippen molar-refractivity contribution in [2.45, 2.75) is 12.8 Å². The lowest BCUT2D eigenvalue weighted by atomic mass is 9.96. The lowest BCUT2D eigenvalue weighted by Gasteiger charge is -2.32. The summed E-state index contributed by atoms with van der Waals surface area (Å²) >= 11 is 5.84. The lowest BCUT2D eigenvalue weighted by Crippen LogP contribution is -2.43. The molecule has 2 aromatic carbocycles. The number of hydrogen-bond acceptors (Lipinski definition) is 4. The van der Waals surface area contributed by atoms with Crippen LogP contribution >= 0.6 is 11.6 Å². The van der Waals surface area contributed by atoms with Gasteiger partial charge in [0, 0.05) is 35.8 Å². The zero-order valence-electron chi connectivity index (χ0n) is 14.7. The summed E-state index contributed by atoms with van der Waals surface area (Å²) in [4.78, 5) is 36.9. The molecule has 2 amide bonds. The van der Waals surface area contributed by atoms with Gasteiger partial charge in [-0.1, -0.05) is 11.6 Å². The molecule has 0 aliphatic carbocycles. The highest BCUT2D eigenvalue weighted by Gasteiger charge is 2.29. The average Bonchev–Trinajstić information content (AvgIpc) is 2.69. The number of carbonyl (C=O) groups excluding carboxylic acids is 2. The fraction of sp³-hybridized carbons (Fsp3) is 0.263. The molecule has 7 nitrogen and oxygen atoms in total. The number of nitrogens with one attached hydrogen (secondary N) is 1. The van der Waals surface area contributed by atoms with Gasteiger partial charge in [0.15, 0.2) is 0 Å². The third-order valence-electron chi connectivity index (χ3n) is 4.59. The number of amides is 2. The third-order valence-corrected chi connectivity index (χ3v) is 4.84. The summed E-state index contributed by atoms with van der Waals surface area (Å²) in [6.45, 7) is 0.695. The normalized spacial score (nSPS) is 16.5. The van der Waals surface area contributed by atoms with Crippen LogP contribution in [0.4, 0.5) is 15.8 Å². The van der Waals surface area contributed by atoms with Crippen molar-refractivity contribution in [3.8, 4) is 0 Å². The van der Waals surface area contributed by atoms with E-state index in [0.717, 1.165) is 18.2 Å². The van der Waals surface area contributed by atoms with E-state index < -0.39 is 22.6 Å². The predicted octanol–water partition coefficient (Wildman–Crippen LogP) is 3.88. The lowest BCUT2D eigenvalue weighted by molar-refractivity contribution is -0.384. The summed E-state index contributed by atoms with van der Waals surface area (Å²) in [5.41, 5.74) is -0.101. The van der Waals surface area contributed by atoms with Crippen LogP contribution in [-0.2, 0) is 4.79 Å². The Morgan fingerprint density at radius 1 is 1.21 bits per heavy atom. The number of halogens is 2. The summed E-state index contributed by atoms with van der Waals surface area (Å²) in [7, 11) is 0. The monoisotopic (exact) mass is 405 g/mol. The number of carbonyl (C=O) groups is 2. The largest absolute Gasteiger partial charge is 0.338 e. The number of nitrogens with zero attached hydrogens (tertiary/aromatic N) is 2. The molecule has 0 aromatic heterocycles. The number of benzene rings is 2. The van der Waals surface area contributed by atoms with Crippen molar-refractivity contribution in [1.82, 2.24) is 4.90 Å². The van der Waals surface area contributed by atoms with E-state index in [2.05, 4.69) is 5.32 Å². The van der Waals surface area contributed by atoms with Gasteiger partial charge in [-0.3, -0.25) is 19.7 Å². The number of rotatable bonds is 4. The smallest absolute Gasteiger partial charge is 0.271 e. The number of anilines is 1. The van der Waals surface area contributed by atoms with E-state index in [-0.39, 0.29) is 23.8 Å². The van der Waals surface area contributed by atoms with E-state index in [1.54, 1.807) is 29.2 Å². The number of likely N-dealkylation sites (tertiary alicyclic amines) is 1. The second kappa shape index (κ2) is 8.35. The summed E-state index contributed by atoms with van der Waals surface area (Å²) in [6, 6.07) is 9.41. The molecule has 0 spiro atoms. The second-order valence-corrected chi connectivity index (χ2v) is 6.94. The number of piperidine rings is 1. The van der Waals surface area contributed by atoms with E-state index in [0.29, 0.717) is 30.0 Å². The van der Waals surface area contributed by atoms with Crippen LogP contribution in [0.25, 0.3) is 0 Å². The molecular weight excluding hydrogens is 389 g/mol. The fourth-order valence-corrected chi connectivity index (χ4v) is 3.23. The molecule has 3 rings (SSSR count). The Labute approximate surface area is 165 Å². The quantitative estimate of drug-likeness (QED) is 0.617. The maximum Gasteiger partial charge on any atom is 0.271 e. The van der Waals surface area contributed by atoms with E-state index in [1.807, 2.05) is 0 Å².